The van der Waals surface area contributed by atoms with Crippen LogP contribution in [0.1, 0.15) is 33.3 Å². The van der Waals surface area contributed by atoms with Crippen LogP contribution in [0.4, 0.5) is 0 Å². The van der Waals surface area contributed by atoms with Crippen molar-refractivity contribution in [3.05, 3.63) is 66.2 Å². The van der Waals surface area contributed by atoms with Gasteiger partial charge in [-0.05, 0) is 31.9 Å². The largest absolute Gasteiger partial charge is 0.439 e. The molecule has 1 heterocycles. The van der Waals surface area contributed by atoms with Crippen molar-refractivity contribution in [2.45, 2.75) is 46.4 Å². The van der Waals surface area contributed by atoms with Crippen LogP contribution in [0.3, 0.4) is 0 Å². The van der Waals surface area contributed by atoms with Gasteiger partial charge in [-0.3, -0.25) is 4.90 Å². The first kappa shape index (κ1) is 25.0. The topological polar surface area (TPSA) is 59.8 Å². The Morgan fingerprint density at radius 1 is 0.939 bits per heavy atom. The molecule has 0 unspecified atom stereocenters. The number of aliphatic hydroxyl groups is 1. The fraction of sp³-hybridized carbons (Fsp3) is 0.444. The average molecular weight is 452 g/mol. The number of hydrogen-bond donors (Lipinski definition) is 1. The molecule has 1 aromatic heterocycles. The summed E-state index contributed by atoms with van der Waals surface area (Å²) in [6, 6.07) is 19.9. The highest BCUT2D eigenvalue weighted by atomic mass is 16.5. The number of aromatic nitrogens is 2. The second kappa shape index (κ2) is 12.0. The van der Waals surface area contributed by atoms with Gasteiger partial charge in [-0.1, -0.05) is 62.4 Å². The molecule has 0 saturated carbocycles. The number of aliphatic hydroxyl groups excluding tert-OH is 1. The van der Waals surface area contributed by atoms with Crippen LogP contribution in [-0.4, -0.2) is 51.7 Å². The molecule has 3 aromatic rings. The Morgan fingerprint density at radius 2 is 1.58 bits per heavy atom. The number of para-hydroxylation sites is 1. The van der Waals surface area contributed by atoms with E-state index in [4.69, 9.17) is 14.6 Å². The van der Waals surface area contributed by atoms with E-state index in [-0.39, 0.29) is 6.10 Å². The Bertz CT molecular complexity index is 971. The van der Waals surface area contributed by atoms with E-state index in [0.29, 0.717) is 31.5 Å². The third kappa shape index (κ3) is 7.42. The first-order chi connectivity index (χ1) is 15.8. The highest BCUT2D eigenvalue weighted by Crippen LogP contribution is 2.34. The van der Waals surface area contributed by atoms with Crippen molar-refractivity contribution in [3.63, 3.8) is 0 Å². The molecule has 2 aromatic carbocycles. The third-order valence-electron chi connectivity index (χ3n) is 5.19. The molecule has 0 fully saturated rings. The standard InChI is InChI=1S/C27H37N3O3/c1-20(2)16-30(17-23(31)19-32-21(3)4)18-25-26(22-12-8-6-9-13-22)28-29(5)27(25)33-24-14-10-7-11-15-24/h6-15,20-21,23,31H,16-19H2,1-5H3/t23-/m0/s1. The predicted molar refractivity (Wildman–Crippen MR) is 132 cm³/mol. The summed E-state index contributed by atoms with van der Waals surface area (Å²) in [5, 5.41) is 15.5. The maximum Gasteiger partial charge on any atom is 0.222 e. The highest BCUT2D eigenvalue weighted by Gasteiger charge is 2.24. The highest BCUT2D eigenvalue weighted by molar-refractivity contribution is 5.65. The molecule has 0 aliphatic carbocycles. The molecule has 178 valence electrons. The summed E-state index contributed by atoms with van der Waals surface area (Å²) in [5.74, 6) is 1.92. The lowest BCUT2D eigenvalue weighted by Gasteiger charge is -2.27. The first-order valence-electron chi connectivity index (χ1n) is 11.7. The first-order valence-corrected chi connectivity index (χ1v) is 11.7. The van der Waals surface area contributed by atoms with Crippen LogP contribution in [-0.2, 0) is 18.3 Å². The van der Waals surface area contributed by atoms with Crippen LogP contribution < -0.4 is 4.74 Å². The second-order valence-electron chi connectivity index (χ2n) is 9.16. The summed E-state index contributed by atoms with van der Waals surface area (Å²) >= 11 is 0. The van der Waals surface area contributed by atoms with Crippen molar-refractivity contribution in [2.24, 2.45) is 13.0 Å². The minimum Gasteiger partial charge on any atom is -0.439 e. The lowest BCUT2D eigenvalue weighted by Crippen LogP contribution is -2.37. The Kier molecular flexibility index (Phi) is 9.06. The quantitative estimate of drug-likeness (QED) is 0.414. The summed E-state index contributed by atoms with van der Waals surface area (Å²) in [7, 11) is 1.91. The SMILES string of the molecule is CC(C)CN(Cc1c(-c2ccccc2)nn(C)c1Oc1ccccc1)C[C@H](O)COC(C)C. The van der Waals surface area contributed by atoms with Crippen molar-refractivity contribution < 1.29 is 14.6 Å². The predicted octanol–water partition coefficient (Wildman–Crippen LogP) is 5.12. The molecule has 3 rings (SSSR count). The molecule has 0 spiro atoms. The molecule has 0 amide bonds. The lowest BCUT2D eigenvalue weighted by molar-refractivity contribution is -0.0109. The zero-order valence-electron chi connectivity index (χ0n) is 20.4. The fourth-order valence-corrected chi connectivity index (χ4v) is 3.85. The Hall–Kier alpha value is -2.67. The van der Waals surface area contributed by atoms with Crippen molar-refractivity contribution >= 4 is 0 Å². The zero-order chi connectivity index (χ0) is 23.8. The van der Waals surface area contributed by atoms with E-state index in [1.165, 1.54) is 0 Å². The minimum atomic E-state index is -0.568. The van der Waals surface area contributed by atoms with Gasteiger partial charge in [0.1, 0.15) is 11.4 Å². The molecule has 0 aliphatic heterocycles. The van der Waals surface area contributed by atoms with Crippen molar-refractivity contribution in [2.75, 3.05) is 19.7 Å². The summed E-state index contributed by atoms with van der Waals surface area (Å²) in [5.41, 5.74) is 2.94. The average Bonchev–Trinajstić information content (AvgIpc) is 3.08. The summed E-state index contributed by atoms with van der Waals surface area (Å²) < 4.78 is 13.8. The van der Waals surface area contributed by atoms with Crippen LogP contribution in [0.2, 0.25) is 0 Å². The molecule has 6 nitrogen and oxygen atoms in total. The molecular weight excluding hydrogens is 414 g/mol. The summed E-state index contributed by atoms with van der Waals surface area (Å²) in [4.78, 5) is 2.26. The van der Waals surface area contributed by atoms with Gasteiger partial charge in [0.25, 0.3) is 0 Å². The lowest BCUT2D eigenvalue weighted by atomic mass is 10.1. The number of nitrogens with zero attached hydrogens (tertiary/aromatic N) is 3. The number of benzene rings is 2. The van der Waals surface area contributed by atoms with Crippen LogP contribution in [0.5, 0.6) is 11.6 Å². The maximum absolute atomic E-state index is 10.6. The summed E-state index contributed by atoms with van der Waals surface area (Å²) in [6.07, 6.45) is -0.478. The molecule has 1 N–H and O–H groups in total. The van der Waals surface area contributed by atoms with Crippen molar-refractivity contribution in [1.82, 2.24) is 14.7 Å². The number of aryl methyl sites for hydroxylation is 1. The van der Waals surface area contributed by atoms with Gasteiger partial charge in [0.05, 0.1) is 24.4 Å². The monoisotopic (exact) mass is 451 g/mol. The van der Waals surface area contributed by atoms with E-state index < -0.39 is 6.10 Å². The number of rotatable bonds is 12. The molecule has 33 heavy (non-hydrogen) atoms. The number of hydrogen-bond acceptors (Lipinski definition) is 5. The zero-order valence-corrected chi connectivity index (χ0v) is 20.4. The second-order valence-corrected chi connectivity index (χ2v) is 9.16. The van der Waals surface area contributed by atoms with Gasteiger partial charge in [-0.25, -0.2) is 4.68 Å². The number of ether oxygens (including phenoxy) is 2. The molecule has 1 atom stereocenters. The van der Waals surface area contributed by atoms with Gasteiger partial charge in [-0.2, -0.15) is 5.10 Å². The Morgan fingerprint density at radius 3 is 2.18 bits per heavy atom. The fourth-order valence-electron chi connectivity index (χ4n) is 3.85. The van der Waals surface area contributed by atoms with E-state index in [9.17, 15) is 5.11 Å². The van der Waals surface area contributed by atoms with Crippen molar-refractivity contribution in [1.29, 1.82) is 0 Å². The van der Waals surface area contributed by atoms with Gasteiger partial charge in [0.15, 0.2) is 0 Å². The van der Waals surface area contributed by atoms with E-state index in [1.807, 2.05) is 69.4 Å². The van der Waals surface area contributed by atoms with E-state index in [1.54, 1.807) is 4.68 Å². The summed E-state index contributed by atoms with van der Waals surface area (Å²) in [6.45, 7) is 10.6. The van der Waals surface area contributed by atoms with E-state index in [0.717, 1.165) is 29.1 Å². The van der Waals surface area contributed by atoms with Gasteiger partial charge >= 0.3 is 0 Å². The van der Waals surface area contributed by atoms with Gasteiger partial charge in [0.2, 0.25) is 5.88 Å². The molecule has 0 bridgehead atoms. The normalized spacial score (nSPS) is 12.6. The van der Waals surface area contributed by atoms with Gasteiger partial charge in [0, 0.05) is 32.2 Å². The van der Waals surface area contributed by atoms with E-state index in [2.05, 4.69) is 30.9 Å². The molecule has 0 aliphatic rings. The molecular formula is C27H37N3O3. The Balaban J connectivity index is 1.94. The minimum absolute atomic E-state index is 0.0899. The smallest absolute Gasteiger partial charge is 0.222 e. The molecule has 0 saturated heterocycles. The van der Waals surface area contributed by atoms with Crippen LogP contribution in [0.15, 0.2) is 60.7 Å². The molecule has 6 heteroatoms. The van der Waals surface area contributed by atoms with Gasteiger partial charge in [-0.15, -0.1) is 0 Å². The maximum atomic E-state index is 10.6. The van der Waals surface area contributed by atoms with E-state index >= 15 is 0 Å². The Labute approximate surface area is 197 Å². The molecule has 0 radical (unpaired) electrons. The van der Waals surface area contributed by atoms with Crippen molar-refractivity contribution in [3.8, 4) is 22.9 Å². The van der Waals surface area contributed by atoms with Crippen LogP contribution in [0, 0.1) is 5.92 Å². The van der Waals surface area contributed by atoms with Gasteiger partial charge < -0.3 is 14.6 Å². The third-order valence-corrected chi connectivity index (χ3v) is 5.19. The van der Waals surface area contributed by atoms with Crippen LogP contribution in [0.25, 0.3) is 11.3 Å². The van der Waals surface area contributed by atoms with Crippen LogP contribution >= 0.6 is 0 Å².